The van der Waals surface area contributed by atoms with Gasteiger partial charge in [0.15, 0.2) is 0 Å². The lowest BCUT2D eigenvalue weighted by atomic mass is 10.2. The van der Waals surface area contributed by atoms with Crippen LogP contribution in [-0.2, 0) is 10.0 Å². The van der Waals surface area contributed by atoms with Crippen LogP contribution in [0, 0.1) is 11.8 Å². The summed E-state index contributed by atoms with van der Waals surface area (Å²) in [7, 11) is -1.98. The standard InChI is InChI=1S/C14H20N2O3S/c1-4-16(5-2)20(17,18)13-8-9-14(19-3)12(11-13)7-6-10-15/h8-9,11H,4-5,10,15H2,1-3H3. The fourth-order valence-corrected chi connectivity index (χ4v) is 3.29. The first-order valence-electron chi connectivity index (χ1n) is 6.38. The van der Waals surface area contributed by atoms with E-state index in [2.05, 4.69) is 11.8 Å². The Labute approximate surface area is 120 Å². The predicted molar refractivity (Wildman–Crippen MR) is 79.0 cm³/mol. The van der Waals surface area contributed by atoms with Gasteiger partial charge in [0.1, 0.15) is 5.75 Å². The van der Waals surface area contributed by atoms with Gasteiger partial charge in [0.05, 0.1) is 24.1 Å². The first kappa shape index (κ1) is 16.5. The van der Waals surface area contributed by atoms with E-state index in [0.717, 1.165) is 0 Å². The molecule has 1 aromatic rings. The summed E-state index contributed by atoms with van der Waals surface area (Å²) < 4.78 is 31.4. The highest BCUT2D eigenvalue weighted by atomic mass is 32.2. The Morgan fingerprint density at radius 1 is 1.30 bits per heavy atom. The van der Waals surface area contributed by atoms with Crippen LogP contribution >= 0.6 is 0 Å². The highest BCUT2D eigenvalue weighted by Crippen LogP contribution is 2.23. The van der Waals surface area contributed by atoms with E-state index in [0.29, 0.717) is 24.4 Å². The molecule has 0 aromatic heterocycles. The lowest BCUT2D eigenvalue weighted by Gasteiger charge is -2.18. The zero-order chi connectivity index (χ0) is 15.2. The third kappa shape index (κ3) is 3.51. The van der Waals surface area contributed by atoms with Crippen LogP contribution in [0.4, 0.5) is 0 Å². The summed E-state index contributed by atoms with van der Waals surface area (Å²) in [6, 6.07) is 4.66. The van der Waals surface area contributed by atoms with Gasteiger partial charge in [0, 0.05) is 13.1 Å². The number of rotatable bonds is 5. The third-order valence-corrected chi connectivity index (χ3v) is 4.89. The molecule has 0 heterocycles. The Morgan fingerprint density at radius 2 is 1.95 bits per heavy atom. The molecule has 0 atom stereocenters. The largest absolute Gasteiger partial charge is 0.495 e. The highest BCUT2D eigenvalue weighted by molar-refractivity contribution is 7.89. The van der Waals surface area contributed by atoms with Crippen LogP contribution in [-0.4, -0.2) is 39.5 Å². The van der Waals surface area contributed by atoms with Gasteiger partial charge in [-0.2, -0.15) is 4.31 Å². The van der Waals surface area contributed by atoms with Crippen LogP contribution in [0.25, 0.3) is 0 Å². The summed E-state index contributed by atoms with van der Waals surface area (Å²) >= 11 is 0. The molecule has 110 valence electrons. The Balaban J connectivity index is 3.34. The number of ether oxygens (including phenoxy) is 1. The van der Waals surface area contributed by atoms with Gasteiger partial charge >= 0.3 is 0 Å². The minimum Gasteiger partial charge on any atom is -0.495 e. The van der Waals surface area contributed by atoms with E-state index >= 15 is 0 Å². The molecule has 0 radical (unpaired) electrons. The molecule has 0 fully saturated rings. The molecule has 0 amide bonds. The summed E-state index contributed by atoms with van der Waals surface area (Å²) in [5, 5.41) is 0. The van der Waals surface area contributed by atoms with Crippen molar-refractivity contribution in [3.8, 4) is 17.6 Å². The number of hydrogen-bond donors (Lipinski definition) is 1. The summed E-state index contributed by atoms with van der Waals surface area (Å²) in [4.78, 5) is 0.211. The van der Waals surface area contributed by atoms with Crippen LogP contribution < -0.4 is 10.5 Å². The molecule has 0 aliphatic carbocycles. The average Bonchev–Trinajstić information content (AvgIpc) is 2.45. The molecule has 0 saturated carbocycles. The summed E-state index contributed by atoms with van der Waals surface area (Å²) in [5.41, 5.74) is 5.86. The Kier molecular flexibility index (Phi) is 6.02. The maximum atomic E-state index is 12.4. The lowest BCUT2D eigenvalue weighted by molar-refractivity contribution is 0.413. The third-order valence-electron chi connectivity index (χ3n) is 2.84. The molecule has 1 rings (SSSR count). The quantitative estimate of drug-likeness (QED) is 0.824. The molecule has 0 unspecified atom stereocenters. The van der Waals surface area contributed by atoms with Gasteiger partial charge in [-0.25, -0.2) is 8.42 Å². The topological polar surface area (TPSA) is 72.6 Å². The van der Waals surface area contributed by atoms with Gasteiger partial charge in [-0.1, -0.05) is 25.7 Å². The first-order chi connectivity index (χ1) is 9.51. The molecule has 1 aromatic carbocycles. The van der Waals surface area contributed by atoms with Gasteiger partial charge in [-0.15, -0.1) is 0 Å². The Hall–Kier alpha value is -1.55. The van der Waals surface area contributed by atoms with Crippen molar-refractivity contribution >= 4 is 10.0 Å². The lowest BCUT2D eigenvalue weighted by Crippen LogP contribution is -2.30. The molecule has 0 aliphatic heterocycles. The fraction of sp³-hybridized carbons (Fsp3) is 0.429. The predicted octanol–water partition coefficient (Wildman–Crippen LogP) is 1.04. The molecule has 5 nitrogen and oxygen atoms in total. The maximum Gasteiger partial charge on any atom is 0.243 e. The molecule has 0 bridgehead atoms. The van der Waals surface area contributed by atoms with Crippen molar-refractivity contribution in [3.05, 3.63) is 23.8 Å². The van der Waals surface area contributed by atoms with Crippen LogP contribution in [0.2, 0.25) is 0 Å². The number of methoxy groups -OCH3 is 1. The second kappa shape index (κ2) is 7.29. The molecule has 6 heteroatoms. The van der Waals surface area contributed by atoms with Crippen molar-refractivity contribution in [2.24, 2.45) is 5.73 Å². The number of hydrogen-bond acceptors (Lipinski definition) is 4. The summed E-state index contributed by atoms with van der Waals surface area (Å²) in [5.74, 6) is 6.06. The van der Waals surface area contributed by atoms with Crippen LogP contribution in [0.15, 0.2) is 23.1 Å². The number of benzene rings is 1. The van der Waals surface area contributed by atoms with Crippen molar-refractivity contribution in [1.82, 2.24) is 4.31 Å². The number of nitrogens with two attached hydrogens (primary N) is 1. The second-order valence-electron chi connectivity index (χ2n) is 3.96. The van der Waals surface area contributed by atoms with E-state index in [1.807, 2.05) is 0 Å². The molecule has 0 spiro atoms. The van der Waals surface area contributed by atoms with E-state index in [1.165, 1.54) is 23.5 Å². The summed E-state index contributed by atoms with van der Waals surface area (Å²) in [6.45, 7) is 4.67. The van der Waals surface area contributed by atoms with Crippen molar-refractivity contribution in [2.75, 3.05) is 26.7 Å². The Bertz CT molecular complexity index is 611. The van der Waals surface area contributed by atoms with E-state index in [4.69, 9.17) is 10.5 Å². The highest BCUT2D eigenvalue weighted by Gasteiger charge is 2.22. The van der Waals surface area contributed by atoms with E-state index in [1.54, 1.807) is 19.9 Å². The van der Waals surface area contributed by atoms with E-state index < -0.39 is 10.0 Å². The van der Waals surface area contributed by atoms with Gasteiger partial charge < -0.3 is 10.5 Å². The molecular formula is C14H20N2O3S. The zero-order valence-corrected chi connectivity index (χ0v) is 12.8. The van der Waals surface area contributed by atoms with Gasteiger partial charge in [0.2, 0.25) is 10.0 Å². The molecule has 0 aliphatic rings. The van der Waals surface area contributed by atoms with Gasteiger partial charge in [-0.05, 0) is 18.2 Å². The smallest absolute Gasteiger partial charge is 0.243 e. The normalized spacial score (nSPS) is 11.1. The fourth-order valence-electron chi connectivity index (χ4n) is 1.80. The van der Waals surface area contributed by atoms with Crippen LogP contribution in [0.3, 0.4) is 0 Å². The minimum absolute atomic E-state index is 0.205. The molecule has 0 saturated heterocycles. The molecule has 2 N–H and O–H groups in total. The van der Waals surface area contributed by atoms with Crippen LogP contribution in [0.1, 0.15) is 19.4 Å². The molecule has 20 heavy (non-hydrogen) atoms. The van der Waals surface area contributed by atoms with E-state index in [-0.39, 0.29) is 11.4 Å². The minimum atomic E-state index is -3.49. The second-order valence-corrected chi connectivity index (χ2v) is 5.90. The zero-order valence-electron chi connectivity index (χ0n) is 12.0. The van der Waals surface area contributed by atoms with Gasteiger partial charge in [0.25, 0.3) is 0 Å². The van der Waals surface area contributed by atoms with Crippen molar-refractivity contribution in [1.29, 1.82) is 0 Å². The number of sulfonamides is 1. The van der Waals surface area contributed by atoms with Crippen molar-refractivity contribution in [2.45, 2.75) is 18.7 Å². The SMILES string of the molecule is CCN(CC)S(=O)(=O)c1ccc(OC)c(C#CCN)c1. The van der Waals surface area contributed by atoms with Gasteiger partial charge in [-0.3, -0.25) is 0 Å². The monoisotopic (exact) mass is 296 g/mol. The summed E-state index contributed by atoms with van der Waals surface area (Å²) in [6.07, 6.45) is 0. The Morgan fingerprint density at radius 3 is 2.45 bits per heavy atom. The number of nitrogens with zero attached hydrogens (tertiary/aromatic N) is 1. The van der Waals surface area contributed by atoms with Crippen LogP contribution in [0.5, 0.6) is 5.75 Å². The van der Waals surface area contributed by atoms with Crippen molar-refractivity contribution in [3.63, 3.8) is 0 Å². The average molecular weight is 296 g/mol. The first-order valence-corrected chi connectivity index (χ1v) is 7.82. The van der Waals surface area contributed by atoms with E-state index in [9.17, 15) is 8.42 Å². The van der Waals surface area contributed by atoms with Crippen molar-refractivity contribution < 1.29 is 13.2 Å². The maximum absolute atomic E-state index is 12.4. The molecular weight excluding hydrogens is 276 g/mol.